The van der Waals surface area contributed by atoms with Crippen LogP contribution in [-0.2, 0) is 16.2 Å². The van der Waals surface area contributed by atoms with Gasteiger partial charge < -0.3 is 14.3 Å². The molecule has 309 valence electrons. The van der Waals surface area contributed by atoms with Gasteiger partial charge >= 0.3 is 0 Å². The summed E-state index contributed by atoms with van der Waals surface area (Å²) in [6.07, 6.45) is 0. The van der Waals surface area contributed by atoms with Crippen LogP contribution in [0.3, 0.4) is 0 Å². The number of hydrogen-bond acceptors (Lipinski definition) is 3. The predicted molar refractivity (Wildman–Crippen MR) is 276 cm³/mol. The molecule has 5 heteroatoms. The zero-order valence-electron chi connectivity index (χ0n) is 37.6. The Balaban J connectivity index is 1.20. The largest absolute Gasteiger partial charge is 0.455 e. The van der Waals surface area contributed by atoms with Crippen molar-refractivity contribution >= 4 is 105 Å². The number of fused-ring (bicyclic) bond motifs is 15. The van der Waals surface area contributed by atoms with E-state index in [9.17, 15) is 0 Å². The van der Waals surface area contributed by atoms with Gasteiger partial charge in [0, 0.05) is 64.4 Å². The van der Waals surface area contributed by atoms with Gasteiger partial charge in [-0.3, -0.25) is 0 Å². The number of thiophene rings is 1. The molecule has 11 aromatic rings. The molecule has 8 aromatic carbocycles. The van der Waals surface area contributed by atoms with Crippen molar-refractivity contribution < 1.29 is 4.42 Å². The van der Waals surface area contributed by atoms with Gasteiger partial charge in [-0.05, 0) is 116 Å². The fraction of sp³-hybridized carbons (Fsp3) is 0.186. The second-order valence-corrected chi connectivity index (χ2v) is 21.9. The molecule has 0 bridgehead atoms. The first-order chi connectivity index (χ1) is 30.7. The Bertz CT molecular complexity index is 3830. The van der Waals surface area contributed by atoms with Crippen molar-refractivity contribution in [2.45, 2.75) is 71.6 Å². The van der Waals surface area contributed by atoms with Crippen molar-refractivity contribution in [3.63, 3.8) is 0 Å². The molecule has 3 aromatic heterocycles. The first-order valence-electron chi connectivity index (χ1n) is 22.7. The minimum atomic E-state index is -0.176. The Morgan fingerprint density at radius 1 is 0.594 bits per heavy atom. The lowest BCUT2D eigenvalue weighted by Crippen LogP contribution is -2.37. The number of nitrogens with one attached hydrogen (secondary N) is 1. The van der Waals surface area contributed by atoms with Crippen molar-refractivity contribution in [1.82, 2.24) is 4.57 Å². The van der Waals surface area contributed by atoms with E-state index in [2.05, 4.69) is 212 Å². The van der Waals surface area contributed by atoms with Crippen LogP contribution >= 0.6 is 11.3 Å². The van der Waals surface area contributed by atoms with E-state index in [-0.39, 0.29) is 16.2 Å². The zero-order valence-corrected chi connectivity index (χ0v) is 38.4. The molecule has 0 unspecified atom stereocenters. The second-order valence-electron chi connectivity index (χ2n) is 20.8. The second kappa shape index (κ2) is 12.8. The summed E-state index contributed by atoms with van der Waals surface area (Å²) >= 11 is 1.88. The molecule has 1 aliphatic heterocycles. The highest BCUT2D eigenvalue weighted by atomic mass is 32.1. The van der Waals surface area contributed by atoms with E-state index in [4.69, 9.17) is 4.42 Å². The zero-order chi connectivity index (χ0) is 43.6. The monoisotopic (exact) mass is 843 g/mol. The fourth-order valence-electron chi connectivity index (χ4n) is 11.1. The molecule has 1 radical (unpaired) electrons. The maximum atomic E-state index is 7.24. The van der Waals surface area contributed by atoms with Crippen molar-refractivity contribution in [2.75, 3.05) is 5.32 Å². The maximum Gasteiger partial charge on any atom is 0.198 e. The first-order valence-corrected chi connectivity index (χ1v) is 23.5. The van der Waals surface area contributed by atoms with Gasteiger partial charge in [-0.1, -0.05) is 140 Å². The van der Waals surface area contributed by atoms with Crippen LogP contribution in [0.4, 0.5) is 11.4 Å². The molecule has 0 saturated heterocycles. The van der Waals surface area contributed by atoms with Gasteiger partial charge in [0.1, 0.15) is 11.2 Å². The van der Waals surface area contributed by atoms with Crippen LogP contribution in [0, 0.1) is 0 Å². The van der Waals surface area contributed by atoms with Crippen LogP contribution < -0.4 is 16.2 Å². The Morgan fingerprint density at radius 2 is 1.31 bits per heavy atom. The van der Waals surface area contributed by atoms with Gasteiger partial charge in [0.25, 0.3) is 0 Å². The molecule has 4 heterocycles. The normalized spacial score (nSPS) is 14.2. The molecule has 64 heavy (non-hydrogen) atoms. The standard InChI is InChI=1S/C59H48BN2OS/c1-57(2,3)32-21-24-34(25-22-32)61-45-30-43-38(35-15-9-12-18-42(35)59(43,7)8)28-40(45)51-52-37-17-10-13-19-48(37)63-56(52)53-41-27-33(58(4,5)6)23-26-46(41)62-47-29-39-36-16-11-14-20-49(36)64-50(39)31-44(47)60-54(51)55(53)62/h9-31,61H,1-8H3. The summed E-state index contributed by atoms with van der Waals surface area (Å²) in [6.45, 7) is 18.5. The van der Waals surface area contributed by atoms with E-state index in [1.807, 2.05) is 11.3 Å². The van der Waals surface area contributed by atoms with Gasteiger partial charge in [-0.15, -0.1) is 11.3 Å². The third kappa shape index (κ3) is 5.22. The smallest absolute Gasteiger partial charge is 0.198 e. The number of nitrogens with zero attached hydrogens (tertiary/aromatic N) is 1. The summed E-state index contributed by atoms with van der Waals surface area (Å²) in [6, 6.07) is 52.5. The number of anilines is 2. The highest BCUT2D eigenvalue weighted by Crippen LogP contribution is 2.54. The van der Waals surface area contributed by atoms with E-state index >= 15 is 0 Å². The molecule has 1 aliphatic carbocycles. The van der Waals surface area contributed by atoms with Crippen molar-refractivity contribution in [2.24, 2.45) is 0 Å². The molecule has 0 atom stereocenters. The van der Waals surface area contributed by atoms with Gasteiger partial charge in [0.2, 0.25) is 0 Å². The van der Waals surface area contributed by atoms with E-state index in [1.54, 1.807) is 0 Å². The average Bonchev–Trinajstić information content (AvgIpc) is 4.00. The lowest BCUT2D eigenvalue weighted by molar-refractivity contribution is 0.590. The van der Waals surface area contributed by atoms with Crippen molar-refractivity contribution in [3.05, 3.63) is 162 Å². The number of hydrogen-bond donors (Lipinski definition) is 1. The molecule has 0 fully saturated rings. The first kappa shape index (κ1) is 38.0. The predicted octanol–water partition coefficient (Wildman–Crippen LogP) is 15.3. The van der Waals surface area contributed by atoms with E-state index in [0.717, 1.165) is 38.9 Å². The number of para-hydroxylation sites is 1. The summed E-state index contributed by atoms with van der Waals surface area (Å²) in [4.78, 5) is 0. The van der Waals surface area contributed by atoms with E-state index in [1.165, 1.54) is 97.5 Å². The van der Waals surface area contributed by atoms with Crippen LogP contribution in [0.2, 0.25) is 0 Å². The van der Waals surface area contributed by atoms with Crippen LogP contribution in [0.1, 0.15) is 77.6 Å². The highest BCUT2D eigenvalue weighted by molar-refractivity contribution is 7.26. The number of benzene rings is 8. The summed E-state index contributed by atoms with van der Waals surface area (Å²) in [5.41, 5.74) is 20.1. The maximum absolute atomic E-state index is 7.24. The quantitative estimate of drug-likeness (QED) is 0.180. The Labute approximate surface area is 378 Å². The fourth-order valence-corrected chi connectivity index (χ4v) is 12.3. The minimum Gasteiger partial charge on any atom is -0.455 e. The Kier molecular flexibility index (Phi) is 7.59. The van der Waals surface area contributed by atoms with Gasteiger partial charge in [0.05, 0.1) is 16.4 Å². The van der Waals surface area contributed by atoms with Gasteiger partial charge in [-0.25, -0.2) is 0 Å². The molecular formula is C59H48BN2OS. The van der Waals surface area contributed by atoms with Crippen LogP contribution in [0.25, 0.3) is 91.9 Å². The minimum absolute atomic E-state index is 0.0372. The molecule has 0 saturated carbocycles. The lowest BCUT2D eigenvalue weighted by Gasteiger charge is -2.26. The molecule has 3 nitrogen and oxygen atoms in total. The lowest BCUT2D eigenvalue weighted by atomic mass is 9.58. The number of rotatable bonds is 3. The third-order valence-electron chi connectivity index (χ3n) is 14.5. The van der Waals surface area contributed by atoms with Gasteiger partial charge in [-0.2, -0.15) is 0 Å². The summed E-state index contributed by atoms with van der Waals surface area (Å²) in [5, 5.41) is 11.3. The van der Waals surface area contributed by atoms with Gasteiger partial charge in [0.15, 0.2) is 7.28 Å². The topological polar surface area (TPSA) is 30.1 Å². The van der Waals surface area contributed by atoms with Crippen LogP contribution in [0.5, 0.6) is 0 Å². The summed E-state index contributed by atoms with van der Waals surface area (Å²) < 4.78 is 12.4. The van der Waals surface area contributed by atoms with E-state index < -0.39 is 0 Å². The molecule has 1 N–H and O–H groups in total. The van der Waals surface area contributed by atoms with E-state index in [0.29, 0.717) is 0 Å². The Hall–Kier alpha value is -6.56. The summed E-state index contributed by atoms with van der Waals surface area (Å²) in [5.74, 6) is 0. The van der Waals surface area contributed by atoms with Crippen molar-refractivity contribution in [3.8, 4) is 27.9 Å². The number of aromatic nitrogens is 1. The molecule has 2 aliphatic rings. The number of furan rings is 1. The average molecular weight is 844 g/mol. The third-order valence-corrected chi connectivity index (χ3v) is 15.7. The van der Waals surface area contributed by atoms with Crippen molar-refractivity contribution in [1.29, 1.82) is 0 Å². The highest BCUT2D eigenvalue weighted by Gasteiger charge is 2.38. The molecular weight excluding hydrogens is 796 g/mol. The SMILES string of the molecule is CC(C)(C)c1ccc(Nc2cc3c(cc2-c2c4c5c(c6cc(C(C)(C)C)ccc6n5-c5cc6c(cc5[B]4)sc4ccccc46)c4oc5ccccc5c24)-c2ccccc2C3(C)C)cc1. The molecule has 0 spiro atoms. The Morgan fingerprint density at radius 3 is 2.11 bits per heavy atom. The molecule has 13 rings (SSSR count). The van der Waals surface area contributed by atoms with Crippen LogP contribution in [0.15, 0.2) is 144 Å². The summed E-state index contributed by atoms with van der Waals surface area (Å²) in [7, 11) is 2.49. The molecule has 0 amide bonds. The van der Waals surface area contributed by atoms with Crippen LogP contribution in [-0.4, -0.2) is 11.8 Å².